The summed E-state index contributed by atoms with van der Waals surface area (Å²) in [6, 6.07) is 15.0. The van der Waals surface area contributed by atoms with Gasteiger partial charge in [-0.3, -0.25) is 9.59 Å². The Hall–Kier alpha value is -3.02. The Morgan fingerprint density at radius 1 is 1.03 bits per heavy atom. The zero-order valence-electron chi connectivity index (χ0n) is 17.9. The van der Waals surface area contributed by atoms with Gasteiger partial charge in [-0.25, -0.2) is 0 Å². The fourth-order valence-corrected chi connectivity index (χ4v) is 3.92. The molecule has 0 radical (unpaired) electrons. The number of amides is 2. The van der Waals surface area contributed by atoms with E-state index in [0.29, 0.717) is 12.2 Å². The third kappa shape index (κ3) is 5.12. The number of likely N-dealkylation sites (tertiary alicyclic amines) is 1. The van der Waals surface area contributed by atoms with E-state index in [1.54, 1.807) is 38.5 Å². The lowest BCUT2D eigenvalue weighted by Gasteiger charge is -2.17. The number of ether oxygens (including phenoxy) is 2. The Labute approximate surface area is 178 Å². The molecule has 0 saturated carbocycles. The van der Waals surface area contributed by atoms with Gasteiger partial charge in [-0.15, -0.1) is 0 Å². The van der Waals surface area contributed by atoms with E-state index < -0.39 is 0 Å². The molecule has 1 fully saturated rings. The summed E-state index contributed by atoms with van der Waals surface area (Å²) in [5, 5.41) is 2.90. The van der Waals surface area contributed by atoms with Gasteiger partial charge in [0.05, 0.1) is 20.1 Å². The Morgan fingerprint density at radius 2 is 1.63 bits per heavy atom. The van der Waals surface area contributed by atoms with Gasteiger partial charge in [-0.05, 0) is 48.4 Å². The van der Waals surface area contributed by atoms with Crippen molar-refractivity contribution >= 4 is 17.5 Å². The SMILES string of the molecule is CCCCN1C[C@H](c2ccc(OC)cc2)[C@@H](CC(=O)Nc2ccc(OC)cc2)C1=O. The molecule has 2 atom stereocenters. The van der Waals surface area contributed by atoms with Gasteiger partial charge in [0, 0.05) is 31.1 Å². The lowest BCUT2D eigenvalue weighted by atomic mass is 9.86. The van der Waals surface area contributed by atoms with Crippen molar-refractivity contribution in [1.82, 2.24) is 4.90 Å². The minimum atomic E-state index is -0.367. The first kappa shape index (κ1) is 21.7. The van der Waals surface area contributed by atoms with Gasteiger partial charge in [0.1, 0.15) is 11.5 Å². The van der Waals surface area contributed by atoms with Gasteiger partial charge >= 0.3 is 0 Å². The summed E-state index contributed by atoms with van der Waals surface area (Å²) in [7, 11) is 3.23. The quantitative estimate of drug-likeness (QED) is 0.677. The number of rotatable bonds is 9. The lowest BCUT2D eigenvalue weighted by molar-refractivity contribution is -0.133. The molecule has 2 aromatic carbocycles. The Bertz CT molecular complexity index is 849. The van der Waals surface area contributed by atoms with Crippen LogP contribution in [0, 0.1) is 5.92 Å². The monoisotopic (exact) mass is 410 g/mol. The summed E-state index contributed by atoms with van der Waals surface area (Å²) in [6.45, 7) is 3.49. The molecule has 3 rings (SSSR count). The predicted molar refractivity (Wildman–Crippen MR) is 117 cm³/mol. The molecule has 160 valence electrons. The number of nitrogens with zero attached hydrogens (tertiary/aromatic N) is 1. The predicted octanol–water partition coefficient (Wildman–Crippen LogP) is 4.07. The fraction of sp³-hybridized carbons (Fsp3) is 0.417. The first-order chi connectivity index (χ1) is 14.5. The van der Waals surface area contributed by atoms with E-state index in [2.05, 4.69) is 12.2 Å². The van der Waals surface area contributed by atoms with E-state index in [4.69, 9.17) is 9.47 Å². The van der Waals surface area contributed by atoms with Crippen LogP contribution in [0.3, 0.4) is 0 Å². The van der Waals surface area contributed by atoms with Crippen molar-refractivity contribution in [3.8, 4) is 11.5 Å². The van der Waals surface area contributed by atoms with Crippen molar-refractivity contribution in [3.63, 3.8) is 0 Å². The van der Waals surface area contributed by atoms with Crippen LogP contribution in [0.2, 0.25) is 0 Å². The highest BCUT2D eigenvalue weighted by molar-refractivity contribution is 5.95. The van der Waals surface area contributed by atoms with Crippen molar-refractivity contribution in [1.29, 1.82) is 0 Å². The van der Waals surface area contributed by atoms with Crippen molar-refractivity contribution < 1.29 is 19.1 Å². The number of unbranched alkanes of at least 4 members (excludes halogenated alkanes) is 1. The molecular weight excluding hydrogens is 380 g/mol. The number of methoxy groups -OCH3 is 2. The largest absolute Gasteiger partial charge is 0.497 e. The molecule has 0 spiro atoms. The zero-order valence-corrected chi connectivity index (χ0v) is 17.9. The highest BCUT2D eigenvalue weighted by atomic mass is 16.5. The first-order valence-electron chi connectivity index (χ1n) is 10.4. The Balaban J connectivity index is 1.74. The van der Waals surface area contributed by atoms with E-state index in [1.807, 2.05) is 29.2 Å². The number of benzene rings is 2. The third-order valence-corrected chi connectivity index (χ3v) is 5.64. The number of anilines is 1. The summed E-state index contributed by atoms with van der Waals surface area (Å²) in [5.41, 5.74) is 1.75. The number of hydrogen-bond donors (Lipinski definition) is 1. The van der Waals surface area contributed by atoms with Crippen LogP contribution in [-0.4, -0.2) is 44.0 Å². The highest BCUT2D eigenvalue weighted by Gasteiger charge is 2.41. The molecule has 0 bridgehead atoms. The second kappa shape index (κ2) is 10.1. The molecule has 30 heavy (non-hydrogen) atoms. The topological polar surface area (TPSA) is 67.9 Å². The van der Waals surface area contributed by atoms with Crippen molar-refractivity contribution in [2.75, 3.05) is 32.6 Å². The average Bonchev–Trinajstić information content (AvgIpc) is 3.08. The highest BCUT2D eigenvalue weighted by Crippen LogP contribution is 2.37. The molecule has 2 aromatic rings. The van der Waals surface area contributed by atoms with Crippen LogP contribution in [0.25, 0.3) is 0 Å². The standard InChI is InChI=1S/C24H30N2O4/c1-4-5-14-26-16-22(17-6-10-19(29-2)11-7-17)21(24(26)28)15-23(27)25-18-8-12-20(30-3)13-9-18/h6-13,21-22H,4-5,14-16H2,1-3H3,(H,25,27)/t21-,22-/m1/s1. The summed E-state index contributed by atoms with van der Waals surface area (Å²) in [6.07, 6.45) is 2.15. The molecular formula is C24H30N2O4. The van der Waals surface area contributed by atoms with E-state index >= 15 is 0 Å². The van der Waals surface area contributed by atoms with Gasteiger partial charge in [-0.1, -0.05) is 25.5 Å². The minimum absolute atomic E-state index is 0.0121. The molecule has 2 amide bonds. The van der Waals surface area contributed by atoms with Crippen molar-refractivity contribution in [3.05, 3.63) is 54.1 Å². The maximum Gasteiger partial charge on any atom is 0.226 e. The molecule has 1 N–H and O–H groups in total. The Morgan fingerprint density at radius 3 is 2.20 bits per heavy atom. The maximum absolute atomic E-state index is 13.1. The second-order valence-corrected chi connectivity index (χ2v) is 7.60. The van der Waals surface area contributed by atoms with Crippen LogP contribution < -0.4 is 14.8 Å². The maximum atomic E-state index is 13.1. The van der Waals surface area contributed by atoms with Crippen LogP contribution >= 0.6 is 0 Å². The van der Waals surface area contributed by atoms with Gasteiger partial charge in [0.25, 0.3) is 0 Å². The summed E-state index contributed by atoms with van der Waals surface area (Å²) in [4.78, 5) is 27.7. The van der Waals surface area contributed by atoms with Gasteiger partial charge in [0.15, 0.2) is 0 Å². The number of nitrogens with one attached hydrogen (secondary N) is 1. The van der Waals surface area contributed by atoms with E-state index in [1.165, 1.54) is 0 Å². The molecule has 1 aliphatic rings. The summed E-state index contributed by atoms with van der Waals surface area (Å²) in [5.74, 6) is 1.03. The average molecular weight is 411 g/mol. The molecule has 0 aromatic heterocycles. The minimum Gasteiger partial charge on any atom is -0.497 e. The summed E-state index contributed by atoms with van der Waals surface area (Å²) < 4.78 is 10.4. The van der Waals surface area contributed by atoms with E-state index in [-0.39, 0.29) is 30.1 Å². The van der Waals surface area contributed by atoms with E-state index in [0.717, 1.165) is 36.4 Å². The fourth-order valence-electron chi connectivity index (χ4n) is 3.92. The zero-order chi connectivity index (χ0) is 21.5. The lowest BCUT2D eigenvalue weighted by Crippen LogP contribution is -2.30. The molecule has 0 unspecified atom stereocenters. The molecule has 6 heteroatoms. The van der Waals surface area contributed by atoms with Crippen LogP contribution in [0.5, 0.6) is 11.5 Å². The first-order valence-corrected chi connectivity index (χ1v) is 10.4. The third-order valence-electron chi connectivity index (χ3n) is 5.64. The van der Waals surface area contributed by atoms with Gasteiger partial charge in [0.2, 0.25) is 11.8 Å². The number of carbonyl (C=O) groups is 2. The van der Waals surface area contributed by atoms with Crippen LogP contribution in [0.15, 0.2) is 48.5 Å². The summed E-state index contributed by atoms with van der Waals surface area (Å²) >= 11 is 0. The van der Waals surface area contributed by atoms with Gasteiger partial charge in [-0.2, -0.15) is 0 Å². The van der Waals surface area contributed by atoms with Crippen LogP contribution in [0.1, 0.15) is 37.7 Å². The number of carbonyl (C=O) groups excluding carboxylic acids is 2. The van der Waals surface area contributed by atoms with Crippen LogP contribution in [0.4, 0.5) is 5.69 Å². The number of hydrogen-bond acceptors (Lipinski definition) is 4. The second-order valence-electron chi connectivity index (χ2n) is 7.60. The molecule has 6 nitrogen and oxygen atoms in total. The van der Waals surface area contributed by atoms with Crippen molar-refractivity contribution in [2.24, 2.45) is 5.92 Å². The molecule has 1 saturated heterocycles. The smallest absolute Gasteiger partial charge is 0.226 e. The van der Waals surface area contributed by atoms with Crippen molar-refractivity contribution in [2.45, 2.75) is 32.1 Å². The Kier molecular flexibility index (Phi) is 7.33. The molecule has 1 heterocycles. The van der Waals surface area contributed by atoms with Crippen LogP contribution in [-0.2, 0) is 9.59 Å². The van der Waals surface area contributed by atoms with E-state index in [9.17, 15) is 9.59 Å². The normalized spacial score (nSPS) is 18.4. The van der Waals surface area contributed by atoms with Gasteiger partial charge < -0.3 is 19.7 Å². The molecule has 1 aliphatic heterocycles. The molecule has 0 aliphatic carbocycles.